The molecule has 0 saturated carbocycles. The Morgan fingerprint density at radius 1 is 0.696 bits per heavy atom. The van der Waals surface area contributed by atoms with E-state index in [2.05, 4.69) is 9.97 Å². The number of benzene rings is 2. The minimum atomic E-state index is -0.740. The lowest BCUT2D eigenvalue weighted by molar-refractivity contribution is 0.0856. The fourth-order valence-electron chi connectivity index (χ4n) is 5.09. The standard InChI is InChI=1S/C34H28N2O10/c37-24(19-3-2-10-35-17-19)6-7-25(38)21-14-33-32(16-29(21)42)45-18-34(46-33)23-5-1-4-22(36-23)27(40)9-8-26(39)20-13-30-31(15-28(20)41)44-12-11-43-30/h1-5,10,13-17,34,41-42H,6-9,11-12,18H2. The van der Waals surface area contributed by atoms with Crippen LogP contribution in [0, 0.1) is 0 Å². The van der Waals surface area contributed by atoms with Crippen LogP contribution < -0.4 is 18.9 Å². The summed E-state index contributed by atoms with van der Waals surface area (Å²) in [5, 5.41) is 20.8. The molecule has 12 heteroatoms. The number of aromatic hydroxyl groups is 2. The Morgan fingerprint density at radius 3 is 1.98 bits per heavy atom. The van der Waals surface area contributed by atoms with E-state index in [4.69, 9.17) is 18.9 Å². The molecule has 2 N–H and O–H groups in total. The number of fused-ring (bicyclic) bond motifs is 2. The SMILES string of the molecule is O=C(CCC(=O)c1cc2c(cc1O)OCC(c1cccc(C(=O)CCC(=O)c3cc4c(cc3O)OCCO4)n1)O2)c1cccnc1. The molecular formula is C34H28N2O10. The van der Waals surface area contributed by atoms with Gasteiger partial charge in [-0.05, 0) is 36.4 Å². The Bertz CT molecular complexity index is 1840. The Balaban J connectivity index is 1.10. The summed E-state index contributed by atoms with van der Waals surface area (Å²) in [5.74, 6) is -0.953. The van der Waals surface area contributed by atoms with Crippen LogP contribution in [0.4, 0.5) is 0 Å². The predicted octanol–water partition coefficient (Wildman–Crippen LogP) is 4.86. The van der Waals surface area contributed by atoms with Gasteiger partial charge in [0.2, 0.25) is 0 Å². The molecule has 0 saturated heterocycles. The number of pyridine rings is 2. The molecule has 0 spiro atoms. The van der Waals surface area contributed by atoms with Crippen molar-refractivity contribution in [2.24, 2.45) is 0 Å². The third kappa shape index (κ3) is 6.50. The molecule has 2 aliphatic rings. The first-order chi connectivity index (χ1) is 22.3. The average molecular weight is 625 g/mol. The largest absolute Gasteiger partial charge is 0.507 e. The quantitative estimate of drug-likeness (QED) is 0.217. The first-order valence-corrected chi connectivity index (χ1v) is 14.6. The molecule has 4 heterocycles. The summed E-state index contributed by atoms with van der Waals surface area (Å²) < 4.78 is 22.7. The molecule has 2 aromatic carbocycles. The lowest BCUT2D eigenvalue weighted by Crippen LogP contribution is -2.23. The predicted molar refractivity (Wildman–Crippen MR) is 160 cm³/mol. The van der Waals surface area contributed by atoms with Crippen molar-refractivity contribution in [1.82, 2.24) is 9.97 Å². The molecular weight excluding hydrogens is 596 g/mol. The molecule has 0 radical (unpaired) electrons. The lowest BCUT2D eigenvalue weighted by Gasteiger charge is -2.27. The van der Waals surface area contributed by atoms with Crippen molar-refractivity contribution < 1.29 is 48.3 Å². The van der Waals surface area contributed by atoms with Crippen molar-refractivity contribution in [1.29, 1.82) is 0 Å². The highest BCUT2D eigenvalue weighted by Crippen LogP contribution is 2.41. The smallest absolute Gasteiger partial charge is 0.181 e. The normalized spacial score (nSPS) is 14.7. The van der Waals surface area contributed by atoms with Gasteiger partial charge in [0, 0.05) is 55.8 Å². The van der Waals surface area contributed by atoms with Gasteiger partial charge < -0.3 is 29.2 Å². The second-order valence-corrected chi connectivity index (χ2v) is 10.6. The zero-order valence-electron chi connectivity index (χ0n) is 24.4. The fourth-order valence-corrected chi connectivity index (χ4v) is 5.09. The van der Waals surface area contributed by atoms with Gasteiger partial charge in [-0.2, -0.15) is 0 Å². The van der Waals surface area contributed by atoms with Crippen LogP contribution in [0.2, 0.25) is 0 Å². The van der Waals surface area contributed by atoms with Gasteiger partial charge in [-0.3, -0.25) is 24.2 Å². The molecule has 2 aromatic heterocycles. The van der Waals surface area contributed by atoms with Crippen molar-refractivity contribution in [2.45, 2.75) is 31.8 Å². The molecule has 0 amide bonds. The Hall–Kier alpha value is -5.78. The number of phenols is 2. The number of phenolic OH excluding ortho intramolecular Hbond substituents is 2. The Kier molecular flexibility index (Phi) is 8.59. The van der Waals surface area contributed by atoms with Gasteiger partial charge in [0.1, 0.15) is 37.0 Å². The average Bonchev–Trinajstić information content (AvgIpc) is 3.08. The van der Waals surface area contributed by atoms with Crippen LogP contribution in [0.25, 0.3) is 0 Å². The van der Waals surface area contributed by atoms with E-state index < -0.39 is 17.7 Å². The summed E-state index contributed by atoms with van der Waals surface area (Å²) in [6, 6.07) is 13.4. The van der Waals surface area contributed by atoms with E-state index in [0.29, 0.717) is 36.0 Å². The minimum absolute atomic E-state index is 0.0197. The van der Waals surface area contributed by atoms with Gasteiger partial charge in [-0.1, -0.05) is 6.07 Å². The highest BCUT2D eigenvalue weighted by molar-refractivity contribution is 6.04. The van der Waals surface area contributed by atoms with E-state index in [1.165, 1.54) is 36.5 Å². The monoisotopic (exact) mass is 624 g/mol. The number of carbonyl (C=O) groups excluding carboxylic acids is 4. The Labute approximate surface area is 262 Å². The summed E-state index contributed by atoms with van der Waals surface area (Å²) in [6.07, 6.45) is 1.73. The topological polar surface area (TPSA) is 171 Å². The van der Waals surface area contributed by atoms with Gasteiger partial charge in [-0.15, -0.1) is 0 Å². The second kappa shape index (κ2) is 13.1. The molecule has 0 bridgehead atoms. The molecule has 0 aliphatic carbocycles. The number of Topliss-reactive ketones (excluding diaryl/α,β-unsaturated/α-hetero) is 4. The number of nitrogens with zero attached hydrogens (tertiary/aromatic N) is 2. The maximum Gasteiger partial charge on any atom is 0.181 e. The van der Waals surface area contributed by atoms with E-state index in [-0.39, 0.29) is 83.7 Å². The van der Waals surface area contributed by atoms with Crippen LogP contribution in [0.5, 0.6) is 34.5 Å². The summed E-state index contributed by atoms with van der Waals surface area (Å²) in [6.45, 7) is 0.683. The van der Waals surface area contributed by atoms with E-state index >= 15 is 0 Å². The van der Waals surface area contributed by atoms with Crippen LogP contribution in [0.1, 0.15) is 79.0 Å². The third-order valence-corrected chi connectivity index (χ3v) is 7.51. The molecule has 6 rings (SSSR count). The van der Waals surface area contributed by atoms with Gasteiger partial charge in [-0.25, -0.2) is 4.98 Å². The van der Waals surface area contributed by atoms with Crippen molar-refractivity contribution in [3.8, 4) is 34.5 Å². The number of ether oxygens (including phenoxy) is 4. The summed E-state index contributed by atoms with van der Waals surface area (Å²) in [4.78, 5) is 59.5. The van der Waals surface area contributed by atoms with Crippen LogP contribution in [0.15, 0.2) is 67.0 Å². The molecule has 12 nitrogen and oxygen atoms in total. The summed E-state index contributed by atoms with van der Waals surface area (Å²) >= 11 is 0. The highest BCUT2D eigenvalue weighted by Gasteiger charge is 2.28. The zero-order valence-corrected chi connectivity index (χ0v) is 24.4. The lowest BCUT2D eigenvalue weighted by atomic mass is 10.0. The number of ketones is 4. The van der Waals surface area contributed by atoms with Crippen LogP contribution in [-0.4, -0.2) is 63.1 Å². The number of hydrogen-bond donors (Lipinski definition) is 2. The van der Waals surface area contributed by atoms with Crippen LogP contribution in [0.3, 0.4) is 0 Å². The number of aromatic nitrogens is 2. The van der Waals surface area contributed by atoms with Crippen molar-refractivity contribution in [3.05, 3.63) is 95.1 Å². The number of carbonyl (C=O) groups is 4. The maximum absolute atomic E-state index is 13.0. The summed E-state index contributed by atoms with van der Waals surface area (Å²) in [7, 11) is 0. The molecule has 234 valence electrons. The van der Waals surface area contributed by atoms with Gasteiger partial charge >= 0.3 is 0 Å². The fraction of sp³-hybridized carbons (Fsp3) is 0.235. The first kappa shape index (κ1) is 30.3. The number of rotatable bonds is 11. The van der Waals surface area contributed by atoms with Crippen molar-refractivity contribution in [2.75, 3.05) is 19.8 Å². The third-order valence-electron chi connectivity index (χ3n) is 7.51. The van der Waals surface area contributed by atoms with Gasteiger partial charge in [0.25, 0.3) is 0 Å². The second-order valence-electron chi connectivity index (χ2n) is 10.6. The highest BCUT2D eigenvalue weighted by atomic mass is 16.6. The van der Waals surface area contributed by atoms with E-state index in [1.54, 1.807) is 30.5 Å². The molecule has 2 aliphatic heterocycles. The minimum Gasteiger partial charge on any atom is -0.507 e. The van der Waals surface area contributed by atoms with E-state index in [0.717, 1.165) is 0 Å². The van der Waals surface area contributed by atoms with Gasteiger partial charge in [0.15, 0.2) is 52.2 Å². The Morgan fingerprint density at radius 2 is 1.30 bits per heavy atom. The number of hydrogen-bond acceptors (Lipinski definition) is 12. The van der Waals surface area contributed by atoms with E-state index in [9.17, 15) is 29.4 Å². The molecule has 1 unspecified atom stereocenters. The molecule has 0 fully saturated rings. The van der Waals surface area contributed by atoms with Crippen LogP contribution in [-0.2, 0) is 0 Å². The van der Waals surface area contributed by atoms with Crippen LogP contribution >= 0.6 is 0 Å². The first-order valence-electron chi connectivity index (χ1n) is 14.6. The molecule has 46 heavy (non-hydrogen) atoms. The van der Waals surface area contributed by atoms with Gasteiger partial charge in [0.05, 0.1) is 16.8 Å². The summed E-state index contributed by atoms with van der Waals surface area (Å²) in [5.41, 5.74) is 0.909. The van der Waals surface area contributed by atoms with Crippen molar-refractivity contribution >= 4 is 23.1 Å². The molecule has 4 aromatic rings. The molecule has 1 atom stereocenters. The van der Waals surface area contributed by atoms with E-state index in [1.807, 2.05) is 0 Å². The zero-order chi connectivity index (χ0) is 32.2. The maximum atomic E-state index is 13.0. The van der Waals surface area contributed by atoms with Crippen molar-refractivity contribution in [3.63, 3.8) is 0 Å².